The topological polar surface area (TPSA) is 70.1 Å². The fourth-order valence-electron chi connectivity index (χ4n) is 1.49. The van der Waals surface area contributed by atoms with Gasteiger partial charge >= 0.3 is 0 Å². The minimum absolute atomic E-state index is 0.261. The summed E-state index contributed by atoms with van der Waals surface area (Å²) in [6, 6.07) is 2.06. The van der Waals surface area contributed by atoms with Crippen molar-refractivity contribution in [2.24, 2.45) is 11.1 Å². The number of hydrogen-bond acceptors (Lipinski definition) is 3. The number of carbonyl (C=O) groups excluding carboxylic acids is 1. The lowest BCUT2D eigenvalue weighted by Gasteiger charge is -2.19. The first kappa shape index (κ1) is 9.01. The molecule has 0 radical (unpaired) electrons. The van der Waals surface area contributed by atoms with E-state index in [0.29, 0.717) is 13.1 Å². The van der Waals surface area contributed by atoms with Gasteiger partial charge in [-0.05, 0) is 13.3 Å². The highest BCUT2D eigenvalue weighted by molar-refractivity contribution is 5.81. The summed E-state index contributed by atoms with van der Waals surface area (Å²) in [6.07, 6.45) is 0.768. The van der Waals surface area contributed by atoms with E-state index in [-0.39, 0.29) is 5.91 Å². The smallest absolute Gasteiger partial charge is 0.224 e. The quantitative estimate of drug-likeness (QED) is 0.574. The van der Waals surface area contributed by atoms with Crippen LogP contribution in [-0.4, -0.2) is 30.4 Å². The summed E-state index contributed by atoms with van der Waals surface area (Å²) in [6.45, 7) is 3.67. The Bertz CT molecular complexity index is 233. The maximum Gasteiger partial charge on any atom is 0.224 e. The third-order valence-electron chi connectivity index (χ3n) is 2.44. The van der Waals surface area contributed by atoms with E-state index in [4.69, 9.17) is 11.0 Å². The van der Waals surface area contributed by atoms with Gasteiger partial charge in [0.05, 0.1) is 18.0 Å². The fraction of sp³-hybridized carbons (Fsp3) is 0.750. The molecule has 1 aliphatic heterocycles. The second-order valence-electron chi connectivity index (χ2n) is 3.54. The number of nitriles is 1. The van der Waals surface area contributed by atoms with Crippen LogP contribution < -0.4 is 5.73 Å². The van der Waals surface area contributed by atoms with Crippen LogP contribution >= 0.6 is 0 Å². The number of primary amides is 1. The highest BCUT2D eigenvalue weighted by Gasteiger charge is 2.38. The number of rotatable bonds is 2. The summed E-state index contributed by atoms with van der Waals surface area (Å²) < 4.78 is 0. The van der Waals surface area contributed by atoms with Crippen molar-refractivity contribution in [3.8, 4) is 6.07 Å². The molecule has 1 atom stereocenters. The monoisotopic (exact) mass is 167 g/mol. The standard InChI is InChI=1S/C8H13N3O/c1-8(7(10)12)2-4-11(6-8)5-3-9/h2,4-6H2,1H3,(H2,10,12). The molecule has 1 amide bonds. The molecule has 1 saturated heterocycles. The molecule has 0 aromatic rings. The molecule has 0 bridgehead atoms. The normalized spacial score (nSPS) is 30.0. The lowest BCUT2D eigenvalue weighted by Crippen LogP contribution is -2.37. The van der Waals surface area contributed by atoms with Gasteiger partial charge in [0, 0.05) is 13.1 Å². The third kappa shape index (κ3) is 1.56. The van der Waals surface area contributed by atoms with Gasteiger partial charge in [-0.25, -0.2) is 0 Å². The van der Waals surface area contributed by atoms with E-state index in [1.165, 1.54) is 0 Å². The number of amides is 1. The minimum Gasteiger partial charge on any atom is -0.369 e. The molecule has 0 aromatic heterocycles. The summed E-state index contributed by atoms with van der Waals surface area (Å²) in [4.78, 5) is 12.9. The Labute approximate surface area is 71.9 Å². The summed E-state index contributed by atoms with van der Waals surface area (Å²) in [7, 11) is 0. The van der Waals surface area contributed by atoms with Crippen molar-refractivity contribution in [1.82, 2.24) is 4.90 Å². The summed E-state index contributed by atoms with van der Waals surface area (Å²) in [5.41, 5.74) is 4.82. The Morgan fingerprint density at radius 2 is 2.50 bits per heavy atom. The van der Waals surface area contributed by atoms with Crippen LogP contribution in [0, 0.1) is 16.7 Å². The molecule has 0 spiro atoms. The Hall–Kier alpha value is -1.08. The molecule has 0 aromatic carbocycles. The van der Waals surface area contributed by atoms with E-state index in [2.05, 4.69) is 6.07 Å². The van der Waals surface area contributed by atoms with Crippen LogP contribution in [0.25, 0.3) is 0 Å². The summed E-state index contributed by atoms with van der Waals surface area (Å²) in [5.74, 6) is -0.261. The maximum atomic E-state index is 11.0. The van der Waals surface area contributed by atoms with E-state index >= 15 is 0 Å². The molecule has 66 valence electrons. The minimum atomic E-state index is -0.420. The molecule has 1 aliphatic rings. The molecule has 0 saturated carbocycles. The zero-order valence-electron chi connectivity index (χ0n) is 7.21. The zero-order chi connectivity index (χ0) is 9.19. The van der Waals surface area contributed by atoms with E-state index in [9.17, 15) is 4.79 Å². The van der Waals surface area contributed by atoms with Crippen LogP contribution in [0.2, 0.25) is 0 Å². The average Bonchev–Trinajstić information content (AvgIpc) is 2.34. The molecule has 12 heavy (non-hydrogen) atoms. The van der Waals surface area contributed by atoms with Gasteiger partial charge in [-0.15, -0.1) is 0 Å². The van der Waals surface area contributed by atoms with Gasteiger partial charge in [-0.3, -0.25) is 9.69 Å². The number of likely N-dealkylation sites (tertiary alicyclic amines) is 1. The van der Waals surface area contributed by atoms with Gasteiger partial charge in [0.2, 0.25) is 5.91 Å². The molecule has 2 N–H and O–H groups in total. The number of nitrogens with zero attached hydrogens (tertiary/aromatic N) is 2. The molecular weight excluding hydrogens is 154 g/mol. The SMILES string of the molecule is CC1(C(N)=O)CCN(CC#N)C1. The van der Waals surface area contributed by atoms with Gasteiger partial charge in [0.25, 0.3) is 0 Å². The Balaban J connectivity index is 2.56. The first-order valence-electron chi connectivity index (χ1n) is 3.98. The highest BCUT2D eigenvalue weighted by atomic mass is 16.1. The van der Waals surface area contributed by atoms with E-state index in [1.807, 2.05) is 11.8 Å². The van der Waals surface area contributed by atoms with Crippen molar-refractivity contribution in [2.45, 2.75) is 13.3 Å². The molecule has 0 aliphatic carbocycles. The molecule has 1 rings (SSSR count). The fourth-order valence-corrected chi connectivity index (χ4v) is 1.49. The second-order valence-corrected chi connectivity index (χ2v) is 3.54. The summed E-state index contributed by atoms with van der Waals surface area (Å²) in [5, 5.41) is 8.43. The highest BCUT2D eigenvalue weighted by Crippen LogP contribution is 2.28. The molecular formula is C8H13N3O. The summed E-state index contributed by atoms with van der Waals surface area (Å²) >= 11 is 0. The van der Waals surface area contributed by atoms with Crippen LogP contribution in [0.1, 0.15) is 13.3 Å². The molecule has 1 heterocycles. The van der Waals surface area contributed by atoms with Gasteiger partial charge < -0.3 is 5.73 Å². The zero-order valence-corrected chi connectivity index (χ0v) is 7.21. The molecule has 4 heteroatoms. The predicted octanol–water partition coefficient (Wildman–Crippen LogP) is -0.293. The number of nitrogens with two attached hydrogens (primary N) is 1. The van der Waals surface area contributed by atoms with Crippen molar-refractivity contribution in [3.63, 3.8) is 0 Å². The lowest BCUT2D eigenvalue weighted by molar-refractivity contribution is -0.126. The van der Waals surface area contributed by atoms with E-state index < -0.39 is 5.41 Å². The number of hydrogen-bond donors (Lipinski definition) is 1. The van der Waals surface area contributed by atoms with Crippen LogP contribution in [0.5, 0.6) is 0 Å². The van der Waals surface area contributed by atoms with Crippen molar-refractivity contribution < 1.29 is 4.79 Å². The lowest BCUT2D eigenvalue weighted by atomic mass is 9.89. The Kier molecular flexibility index (Phi) is 2.34. The van der Waals surface area contributed by atoms with Crippen molar-refractivity contribution in [3.05, 3.63) is 0 Å². The van der Waals surface area contributed by atoms with Crippen LogP contribution in [-0.2, 0) is 4.79 Å². The molecule has 4 nitrogen and oxygen atoms in total. The third-order valence-corrected chi connectivity index (χ3v) is 2.44. The largest absolute Gasteiger partial charge is 0.369 e. The Morgan fingerprint density at radius 1 is 1.83 bits per heavy atom. The number of carbonyl (C=O) groups is 1. The Morgan fingerprint density at radius 3 is 2.92 bits per heavy atom. The van der Waals surface area contributed by atoms with Crippen LogP contribution in [0.15, 0.2) is 0 Å². The molecule has 1 unspecified atom stereocenters. The van der Waals surface area contributed by atoms with Gasteiger partial charge in [-0.2, -0.15) is 5.26 Å². The van der Waals surface area contributed by atoms with Crippen molar-refractivity contribution in [2.75, 3.05) is 19.6 Å². The first-order valence-corrected chi connectivity index (χ1v) is 3.98. The molecule has 1 fully saturated rings. The van der Waals surface area contributed by atoms with Gasteiger partial charge in [-0.1, -0.05) is 0 Å². The first-order chi connectivity index (χ1) is 5.58. The van der Waals surface area contributed by atoms with Crippen LogP contribution in [0.4, 0.5) is 0 Å². The second kappa shape index (κ2) is 3.11. The van der Waals surface area contributed by atoms with Crippen molar-refractivity contribution >= 4 is 5.91 Å². The van der Waals surface area contributed by atoms with Gasteiger partial charge in [0.1, 0.15) is 0 Å². The predicted molar refractivity (Wildman–Crippen MR) is 44.0 cm³/mol. The van der Waals surface area contributed by atoms with Gasteiger partial charge in [0.15, 0.2) is 0 Å². The van der Waals surface area contributed by atoms with Crippen LogP contribution in [0.3, 0.4) is 0 Å². The maximum absolute atomic E-state index is 11.0. The van der Waals surface area contributed by atoms with E-state index in [0.717, 1.165) is 13.0 Å². The van der Waals surface area contributed by atoms with E-state index in [1.54, 1.807) is 0 Å². The van der Waals surface area contributed by atoms with Crippen molar-refractivity contribution in [1.29, 1.82) is 5.26 Å². The average molecular weight is 167 g/mol.